The molecule has 0 aliphatic carbocycles. The summed E-state index contributed by atoms with van der Waals surface area (Å²) in [5.41, 5.74) is 1.03. The first-order chi connectivity index (χ1) is 14.1. The van der Waals surface area contributed by atoms with Crippen LogP contribution >= 0.6 is 11.6 Å². The molecule has 10 heteroatoms. The molecule has 1 fully saturated rings. The van der Waals surface area contributed by atoms with Crippen molar-refractivity contribution in [1.82, 2.24) is 14.6 Å². The van der Waals surface area contributed by atoms with Crippen LogP contribution in [-0.4, -0.2) is 49.9 Å². The summed E-state index contributed by atoms with van der Waals surface area (Å²) in [6.07, 6.45) is 0.446. The molecule has 4 rings (SSSR count). The summed E-state index contributed by atoms with van der Waals surface area (Å²) in [6.45, 7) is 4.29. The van der Waals surface area contributed by atoms with Crippen LogP contribution in [0.1, 0.15) is 28.5 Å². The quantitative estimate of drug-likeness (QED) is 0.744. The lowest BCUT2D eigenvalue weighted by molar-refractivity contribution is 0.0368. The molecular formula is C20H21ClN4O4S. The number of hydrogen-bond acceptors (Lipinski definition) is 5. The van der Waals surface area contributed by atoms with E-state index in [4.69, 9.17) is 21.6 Å². The van der Waals surface area contributed by atoms with Gasteiger partial charge in [0.25, 0.3) is 15.9 Å². The van der Waals surface area contributed by atoms with E-state index >= 15 is 0 Å². The highest BCUT2D eigenvalue weighted by Gasteiger charge is 2.42. The van der Waals surface area contributed by atoms with Gasteiger partial charge in [0.05, 0.1) is 23.1 Å². The number of aromatic nitrogens is 1. The molecule has 158 valence electrons. The smallest absolute Gasteiger partial charge is 0.256 e. The Bertz CT molecular complexity index is 1160. The first-order valence-corrected chi connectivity index (χ1v) is 11.3. The van der Waals surface area contributed by atoms with E-state index in [9.17, 15) is 13.2 Å². The van der Waals surface area contributed by atoms with E-state index in [1.165, 1.54) is 6.07 Å². The molecule has 1 saturated heterocycles. The lowest BCUT2D eigenvalue weighted by Crippen LogP contribution is -2.56. The molecule has 0 spiro atoms. The van der Waals surface area contributed by atoms with Gasteiger partial charge < -0.3 is 14.6 Å². The van der Waals surface area contributed by atoms with E-state index in [-0.39, 0.29) is 23.1 Å². The first-order valence-electron chi connectivity index (χ1n) is 9.44. The summed E-state index contributed by atoms with van der Waals surface area (Å²) in [5, 5.41) is 9.59. The first kappa shape index (κ1) is 20.7. The lowest BCUT2D eigenvalue weighted by Gasteiger charge is -2.43. The molecule has 1 aromatic heterocycles. The molecule has 2 aliphatic heterocycles. The van der Waals surface area contributed by atoms with Crippen molar-refractivity contribution in [2.75, 3.05) is 19.7 Å². The van der Waals surface area contributed by atoms with E-state index in [2.05, 4.69) is 15.8 Å². The number of ether oxygens (including phenoxy) is 1. The molecule has 1 atom stereocenters. The molecular weight excluding hydrogens is 428 g/mol. The number of benzene rings is 1. The average Bonchev–Trinajstić information content (AvgIpc) is 3.07. The fraction of sp³-hybridized carbons (Fsp3) is 0.400. The third-order valence-corrected chi connectivity index (χ3v) is 7.08. The van der Waals surface area contributed by atoms with Crippen LogP contribution in [0.15, 0.2) is 29.3 Å². The summed E-state index contributed by atoms with van der Waals surface area (Å²) < 4.78 is 34.0. The predicted molar refractivity (Wildman–Crippen MR) is 110 cm³/mol. The zero-order chi connectivity index (χ0) is 21.7. The second-order valence-corrected chi connectivity index (χ2v) is 10.2. The molecule has 0 saturated carbocycles. The SMILES string of the molecule is Cc1[nH]c(S(=O)(=O)N[C@@H]2COc3ccc(Cl)cc3C2)cc1C(=O)N1CC(C)(C#N)C1. The molecule has 3 heterocycles. The predicted octanol–water partition coefficient (Wildman–Crippen LogP) is 2.24. The van der Waals surface area contributed by atoms with Crippen LogP contribution in [0, 0.1) is 23.7 Å². The number of carbonyl (C=O) groups excluding carboxylic acids is 1. The zero-order valence-corrected chi connectivity index (χ0v) is 18.1. The van der Waals surface area contributed by atoms with Crippen LogP contribution in [0.2, 0.25) is 5.02 Å². The summed E-state index contributed by atoms with van der Waals surface area (Å²) in [6, 6.07) is 8.32. The third kappa shape index (κ3) is 3.78. The number of H-pyrrole nitrogens is 1. The molecule has 2 aromatic rings. The molecule has 2 N–H and O–H groups in total. The highest BCUT2D eigenvalue weighted by molar-refractivity contribution is 7.89. The van der Waals surface area contributed by atoms with Gasteiger partial charge in [0.1, 0.15) is 17.4 Å². The molecule has 30 heavy (non-hydrogen) atoms. The van der Waals surface area contributed by atoms with Gasteiger partial charge in [-0.3, -0.25) is 4.79 Å². The highest BCUT2D eigenvalue weighted by Crippen LogP contribution is 2.31. The standard InChI is InChI=1S/C20H21ClN4O4S/c1-12-16(19(26)25-10-20(2,9-22)11-25)7-18(23-12)30(27,28)24-15-6-13-5-14(21)3-4-17(13)29-8-15/h3-5,7,15,23-24H,6,8,10-11H2,1-2H3/t15-/m0/s1. The second-order valence-electron chi connectivity index (χ2n) is 8.09. The van der Waals surface area contributed by atoms with Gasteiger partial charge in [0.15, 0.2) is 0 Å². The summed E-state index contributed by atoms with van der Waals surface area (Å²) >= 11 is 6.02. The normalized spacial score (nSPS) is 19.9. The fourth-order valence-corrected chi connectivity index (χ4v) is 5.27. The number of halogens is 1. The zero-order valence-electron chi connectivity index (χ0n) is 16.5. The number of nitrogens with zero attached hydrogens (tertiary/aromatic N) is 2. The molecule has 0 bridgehead atoms. The Morgan fingerprint density at radius 3 is 2.83 bits per heavy atom. The monoisotopic (exact) mass is 448 g/mol. The number of hydrogen-bond donors (Lipinski definition) is 2. The van der Waals surface area contributed by atoms with E-state index in [1.54, 1.807) is 36.9 Å². The Hall–Kier alpha value is -2.54. The van der Waals surface area contributed by atoms with Crippen LogP contribution in [0.4, 0.5) is 0 Å². The fourth-order valence-electron chi connectivity index (χ4n) is 3.80. The van der Waals surface area contributed by atoms with Crippen molar-refractivity contribution in [2.45, 2.75) is 31.3 Å². The number of nitrogens with one attached hydrogen (secondary N) is 2. The molecule has 0 radical (unpaired) electrons. The number of carbonyl (C=O) groups is 1. The van der Waals surface area contributed by atoms with Crippen LogP contribution in [-0.2, 0) is 16.4 Å². The Labute approximate surface area is 179 Å². The number of aryl methyl sites for hydroxylation is 1. The van der Waals surface area contributed by atoms with Crippen molar-refractivity contribution in [3.05, 3.63) is 46.1 Å². The number of likely N-dealkylation sites (tertiary alicyclic amines) is 1. The van der Waals surface area contributed by atoms with Gasteiger partial charge in [-0.15, -0.1) is 0 Å². The van der Waals surface area contributed by atoms with Gasteiger partial charge in [0.2, 0.25) is 0 Å². The van der Waals surface area contributed by atoms with Crippen molar-refractivity contribution in [3.63, 3.8) is 0 Å². The molecule has 2 aliphatic rings. The summed E-state index contributed by atoms with van der Waals surface area (Å²) in [5.74, 6) is 0.403. The Kier molecular flexibility index (Phi) is 5.04. The van der Waals surface area contributed by atoms with Crippen LogP contribution in [0.5, 0.6) is 5.75 Å². The number of amides is 1. The van der Waals surface area contributed by atoms with E-state index in [0.717, 1.165) is 5.56 Å². The number of sulfonamides is 1. The maximum absolute atomic E-state index is 12.9. The number of nitriles is 1. The van der Waals surface area contributed by atoms with E-state index in [1.807, 2.05) is 0 Å². The molecule has 8 nitrogen and oxygen atoms in total. The summed E-state index contributed by atoms with van der Waals surface area (Å²) in [4.78, 5) is 17.0. The minimum Gasteiger partial charge on any atom is -0.492 e. The average molecular weight is 449 g/mol. The van der Waals surface area contributed by atoms with Crippen molar-refractivity contribution >= 4 is 27.5 Å². The second kappa shape index (κ2) is 7.30. The van der Waals surface area contributed by atoms with Gasteiger partial charge in [-0.25, -0.2) is 13.1 Å². The Morgan fingerprint density at radius 2 is 2.13 bits per heavy atom. The van der Waals surface area contributed by atoms with Crippen LogP contribution < -0.4 is 9.46 Å². The van der Waals surface area contributed by atoms with Gasteiger partial charge in [-0.05, 0) is 50.1 Å². The molecule has 0 unspecified atom stereocenters. The van der Waals surface area contributed by atoms with Gasteiger partial charge in [0, 0.05) is 23.8 Å². The van der Waals surface area contributed by atoms with Gasteiger partial charge >= 0.3 is 0 Å². The van der Waals surface area contributed by atoms with Crippen molar-refractivity contribution in [1.29, 1.82) is 5.26 Å². The minimum atomic E-state index is -3.89. The Balaban J connectivity index is 1.48. The maximum Gasteiger partial charge on any atom is 0.256 e. The van der Waals surface area contributed by atoms with E-state index in [0.29, 0.717) is 36.0 Å². The van der Waals surface area contributed by atoms with E-state index < -0.39 is 21.5 Å². The molecule has 1 aromatic carbocycles. The third-order valence-electron chi connectivity index (χ3n) is 5.40. The van der Waals surface area contributed by atoms with Crippen LogP contribution in [0.3, 0.4) is 0 Å². The topological polar surface area (TPSA) is 115 Å². The van der Waals surface area contributed by atoms with Crippen molar-refractivity contribution < 1.29 is 17.9 Å². The summed E-state index contributed by atoms with van der Waals surface area (Å²) in [7, 11) is -3.89. The van der Waals surface area contributed by atoms with Gasteiger partial charge in [-0.2, -0.15) is 5.26 Å². The molecule has 1 amide bonds. The highest BCUT2D eigenvalue weighted by atomic mass is 35.5. The largest absolute Gasteiger partial charge is 0.492 e. The van der Waals surface area contributed by atoms with Crippen LogP contribution in [0.25, 0.3) is 0 Å². The Morgan fingerprint density at radius 1 is 1.40 bits per heavy atom. The number of aromatic amines is 1. The number of fused-ring (bicyclic) bond motifs is 1. The number of rotatable bonds is 4. The van der Waals surface area contributed by atoms with Crippen molar-refractivity contribution in [2.24, 2.45) is 5.41 Å². The maximum atomic E-state index is 12.9. The van der Waals surface area contributed by atoms with Crippen molar-refractivity contribution in [3.8, 4) is 11.8 Å². The lowest BCUT2D eigenvalue weighted by atomic mass is 9.83. The minimum absolute atomic E-state index is 0.0798. The van der Waals surface area contributed by atoms with Gasteiger partial charge in [-0.1, -0.05) is 11.6 Å².